The molecule has 1 heterocycles. The van der Waals surface area contributed by atoms with E-state index in [4.69, 9.17) is 0 Å². The van der Waals surface area contributed by atoms with Gasteiger partial charge in [-0.2, -0.15) is 0 Å². The standard InChI is InChI=1S/C23H30N4O2/c1-7-24-21-13-18(9-8-10-27(5)6)12-19(17(21)4)22(28)25-14-20-15(2)11-16(3)26-23(20)29/h11-13,24H,7,10,14H2,1-6H3,(H,25,28)(H,26,29). The number of hydrogen-bond donors (Lipinski definition) is 3. The van der Waals surface area contributed by atoms with E-state index < -0.39 is 0 Å². The van der Waals surface area contributed by atoms with Crippen LogP contribution in [0, 0.1) is 32.6 Å². The summed E-state index contributed by atoms with van der Waals surface area (Å²) >= 11 is 0. The van der Waals surface area contributed by atoms with Gasteiger partial charge in [-0.05, 0) is 71.1 Å². The van der Waals surface area contributed by atoms with Crippen molar-refractivity contribution in [3.8, 4) is 11.8 Å². The second kappa shape index (κ2) is 9.94. The molecule has 0 atom stereocenters. The molecule has 0 saturated heterocycles. The van der Waals surface area contributed by atoms with Crippen LogP contribution in [-0.2, 0) is 6.54 Å². The van der Waals surface area contributed by atoms with E-state index in [1.165, 1.54) is 0 Å². The summed E-state index contributed by atoms with van der Waals surface area (Å²) < 4.78 is 0. The summed E-state index contributed by atoms with van der Waals surface area (Å²) in [4.78, 5) is 29.9. The van der Waals surface area contributed by atoms with Crippen molar-refractivity contribution in [1.29, 1.82) is 0 Å². The van der Waals surface area contributed by atoms with Gasteiger partial charge >= 0.3 is 0 Å². The number of rotatable bonds is 6. The largest absolute Gasteiger partial charge is 0.385 e. The van der Waals surface area contributed by atoms with E-state index in [0.717, 1.165) is 34.6 Å². The minimum atomic E-state index is -0.225. The van der Waals surface area contributed by atoms with Crippen molar-refractivity contribution in [2.75, 3.05) is 32.5 Å². The van der Waals surface area contributed by atoms with Crippen LogP contribution in [0.2, 0.25) is 0 Å². The zero-order valence-corrected chi connectivity index (χ0v) is 18.1. The lowest BCUT2D eigenvalue weighted by molar-refractivity contribution is 0.0950. The van der Waals surface area contributed by atoms with Gasteiger partial charge in [-0.3, -0.25) is 14.5 Å². The average Bonchev–Trinajstić information content (AvgIpc) is 2.62. The molecule has 6 heteroatoms. The van der Waals surface area contributed by atoms with Crippen molar-refractivity contribution in [3.05, 3.63) is 62.1 Å². The second-order valence-corrected chi connectivity index (χ2v) is 7.39. The lowest BCUT2D eigenvalue weighted by atomic mass is 10.0. The van der Waals surface area contributed by atoms with Gasteiger partial charge in [0.1, 0.15) is 0 Å². The van der Waals surface area contributed by atoms with Crippen LogP contribution < -0.4 is 16.2 Å². The van der Waals surface area contributed by atoms with Gasteiger partial charge in [0.15, 0.2) is 0 Å². The van der Waals surface area contributed by atoms with Crippen molar-refractivity contribution in [1.82, 2.24) is 15.2 Å². The van der Waals surface area contributed by atoms with Gasteiger partial charge < -0.3 is 15.6 Å². The fourth-order valence-corrected chi connectivity index (χ4v) is 3.06. The molecule has 0 aliphatic carbocycles. The number of nitrogens with zero attached hydrogens (tertiary/aromatic N) is 1. The van der Waals surface area contributed by atoms with E-state index in [9.17, 15) is 9.59 Å². The molecular formula is C23H30N4O2. The molecule has 2 aromatic rings. The molecule has 1 aromatic carbocycles. The van der Waals surface area contributed by atoms with E-state index in [-0.39, 0.29) is 18.0 Å². The van der Waals surface area contributed by atoms with Crippen LogP contribution >= 0.6 is 0 Å². The summed E-state index contributed by atoms with van der Waals surface area (Å²) in [7, 11) is 3.92. The molecule has 0 aliphatic rings. The van der Waals surface area contributed by atoms with Gasteiger partial charge in [0.25, 0.3) is 11.5 Å². The van der Waals surface area contributed by atoms with E-state index >= 15 is 0 Å². The average molecular weight is 395 g/mol. The molecule has 2 rings (SSSR count). The quantitative estimate of drug-likeness (QED) is 0.658. The number of amides is 1. The zero-order valence-electron chi connectivity index (χ0n) is 18.1. The summed E-state index contributed by atoms with van der Waals surface area (Å²) in [6, 6.07) is 5.67. The highest BCUT2D eigenvalue weighted by Gasteiger charge is 2.15. The summed E-state index contributed by atoms with van der Waals surface area (Å²) in [6.45, 7) is 9.19. The predicted molar refractivity (Wildman–Crippen MR) is 118 cm³/mol. The number of nitrogens with one attached hydrogen (secondary N) is 3. The molecule has 3 N–H and O–H groups in total. The Morgan fingerprint density at radius 1 is 1.17 bits per heavy atom. The molecule has 0 radical (unpaired) electrons. The van der Waals surface area contributed by atoms with Crippen LogP contribution in [0.1, 0.15) is 45.2 Å². The van der Waals surface area contributed by atoms with Crippen LogP contribution in [0.25, 0.3) is 0 Å². The molecule has 29 heavy (non-hydrogen) atoms. The lowest BCUT2D eigenvalue weighted by Crippen LogP contribution is -2.28. The highest BCUT2D eigenvalue weighted by atomic mass is 16.1. The smallest absolute Gasteiger partial charge is 0.253 e. The van der Waals surface area contributed by atoms with Crippen molar-refractivity contribution < 1.29 is 4.79 Å². The molecule has 0 fully saturated rings. The first-order valence-corrected chi connectivity index (χ1v) is 9.72. The van der Waals surface area contributed by atoms with Crippen molar-refractivity contribution in [2.45, 2.75) is 34.2 Å². The minimum absolute atomic E-state index is 0.170. The Labute approximate surface area is 172 Å². The SMILES string of the molecule is CCNc1cc(C#CCN(C)C)cc(C(=O)NCc2c(C)cc(C)[nH]c2=O)c1C. The highest BCUT2D eigenvalue weighted by Crippen LogP contribution is 2.22. The number of carbonyl (C=O) groups is 1. The third-order valence-electron chi connectivity index (χ3n) is 4.57. The van der Waals surface area contributed by atoms with Crippen molar-refractivity contribution in [3.63, 3.8) is 0 Å². The number of pyridine rings is 1. The summed E-state index contributed by atoms with van der Waals surface area (Å²) in [5.74, 6) is 6.01. The van der Waals surface area contributed by atoms with E-state index in [1.807, 2.05) is 58.8 Å². The number of aromatic amines is 1. The van der Waals surface area contributed by atoms with Crippen LogP contribution in [0.4, 0.5) is 5.69 Å². The maximum atomic E-state index is 12.9. The molecule has 0 saturated carbocycles. The fourth-order valence-electron chi connectivity index (χ4n) is 3.06. The number of carbonyl (C=O) groups excluding carboxylic acids is 1. The normalized spacial score (nSPS) is 10.4. The molecule has 1 amide bonds. The Kier molecular flexibility index (Phi) is 7.63. The predicted octanol–water partition coefficient (Wildman–Crippen LogP) is 2.58. The van der Waals surface area contributed by atoms with E-state index in [1.54, 1.807) is 6.07 Å². The number of anilines is 1. The minimum Gasteiger partial charge on any atom is -0.385 e. The lowest BCUT2D eigenvalue weighted by Gasteiger charge is -2.14. The molecule has 0 bridgehead atoms. The number of aryl methyl sites for hydroxylation is 2. The Hall–Kier alpha value is -3.04. The third kappa shape index (κ3) is 5.97. The number of H-pyrrole nitrogens is 1. The first-order valence-electron chi connectivity index (χ1n) is 9.72. The fraction of sp³-hybridized carbons (Fsp3) is 0.391. The monoisotopic (exact) mass is 394 g/mol. The zero-order chi connectivity index (χ0) is 21.6. The molecule has 0 spiro atoms. The molecule has 6 nitrogen and oxygen atoms in total. The van der Waals surface area contributed by atoms with Gasteiger partial charge in [-0.25, -0.2) is 0 Å². The van der Waals surface area contributed by atoms with Gasteiger partial charge in [-0.1, -0.05) is 11.8 Å². The Morgan fingerprint density at radius 3 is 2.52 bits per heavy atom. The Morgan fingerprint density at radius 2 is 1.90 bits per heavy atom. The first-order chi connectivity index (χ1) is 13.7. The molecular weight excluding hydrogens is 364 g/mol. The summed E-state index contributed by atoms with van der Waals surface area (Å²) in [6.07, 6.45) is 0. The van der Waals surface area contributed by atoms with Gasteiger partial charge in [0.2, 0.25) is 0 Å². The Bertz CT molecular complexity index is 1010. The number of hydrogen-bond acceptors (Lipinski definition) is 4. The van der Waals surface area contributed by atoms with Crippen molar-refractivity contribution in [2.24, 2.45) is 0 Å². The molecule has 0 unspecified atom stereocenters. The third-order valence-corrected chi connectivity index (χ3v) is 4.57. The highest BCUT2D eigenvalue weighted by molar-refractivity contribution is 5.97. The summed E-state index contributed by atoms with van der Waals surface area (Å²) in [5.41, 5.74) is 5.14. The molecule has 1 aromatic heterocycles. The van der Waals surface area contributed by atoms with Crippen LogP contribution in [0.15, 0.2) is 23.0 Å². The van der Waals surface area contributed by atoms with E-state index in [2.05, 4.69) is 27.5 Å². The van der Waals surface area contributed by atoms with Crippen LogP contribution in [-0.4, -0.2) is 43.0 Å². The summed E-state index contributed by atoms with van der Waals surface area (Å²) in [5, 5.41) is 6.18. The maximum absolute atomic E-state index is 12.9. The van der Waals surface area contributed by atoms with Gasteiger partial charge in [0.05, 0.1) is 6.54 Å². The van der Waals surface area contributed by atoms with Gasteiger partial charge in [-0.15, -0.1) is 0 Å². The van der Waals surface area contributed by atoms with Crippen LogP contribution in [0.5, 0.6) is 0 Å². The number of aromatic nitrogens is 1. The van der Waals surface area contributed by atoms with Crippen molar-refractivity contribution >= 4 is 11.6 Å². The molecule has 0 aliphatic heterocycles. The maximum Gasteiger partial charge on any atom is 0.253 e. The topological polar surface area (TPSA) is 77.2 Å². The number of benzene rings is 1. The Balaban J connectivity index is 2.31. The second-order valence-electron chi connectivity index (χ2n) is 7.39. The van der Waals surface area contributed by atoms with Crippen LogP contribution in [0.3, 0.4) is 0 Å². The van der Waals surface area contributed by atoms with E-state index in [0.29, 0.717) is 17.7 Å². The molecule has 154 valence electrons. The van der Waals surface area contributed by atoms with Gasteiger partial charge in [0, 0.05) is 41.2 Å². The first kappa shape index (κ1) is 22.3.